The second kappa shape index (κ2) is 8.17. The van der Waals surface area contributed by atoms with Gasteiger partial charge in [0.05, 0.1) is 6.61 Å². The van der Waals surface area contributed by atoms with Gasteiger partial charge in [-0.25, -0.2) is 4.79 Å². The van der Waals surface area contributed by atoms with Crippen LogP contribution in [0.5, 0.6) is 5.75 Å². The van der Waals surface area contributed by atoms with E-state index in [4.69, 9.17) is 15.2 Å². The van der Waals surface area contributed by atoms with Gasteiger partial charge in [0.1, 0.15) is 5.75 Å². The number of rotatable bonds is 7. The van der Waals surface area contributed by atoms with Crippen molar-refractivity contribution in [1.29, 1.82) is 0 Å². The average molecular weight is 330 g/mol. The zero-order valence-corrected chi connectivity index (χ0v) is 12.9. The molecule has 0 fully saturated rings. The molecule has 0 amide bonds. The third-order valence-electron chi connectivity index (χ3n) is 2.68. The monoisotopic (exact) mass is 329 g/mol. The summed E-state index contributed by atoms with van der Waals surface area (Å²) in [6.45, 7) is 4.09. The number of carbonyl (C=O) groups is 1. The molecular formula is C14H20BrNO3. The third kappa shape index (κ3) is 5.61. The van der Waals surface area contributed by atoms with Crippen molar-refractivity contribution in [1.82, 2.24) is 0 Å². The SMILES string of the molecule is CCOC(=O)COc1ccc(Br)cc1CC(N)CC. The molecule has 5 heteroatoms. The zero-order chi connectivity index (χ0) is 14.3. The van der Waals surface area contributed by atoms with E-state index < -0.39 is 0 Å². The van der Waals surface area contributed by atoms with E-state index in [1.807, 2.05) is 25.1 Å². The highest BCUT2D eigenvalue weighted by molar-refractivity contribution is 9.10. The summed E-state index contributed by atoms with van der Waals surface area (Å²) in [6.07, 6.45) is 1.61. The number of esters is 1. The molecule has 0 saturated carbocycles. The van der Waals surface area contributed by atoms with E-state index in [9.17, 15) is 4.79 Å². The van der Waals surface area contributed by atoms with Gasteiger partial charge in [-0.1, -0.05) is 22.9 Å². The smallest absolute Gasteiger partial charge is 0.344 e. The Morgan fingerprint density at radius 3 is 2.79 bits per heavy atom. The van der Waals surface area contributed by atoms with Gasteiger partial charge in [0.25, 0.3) is 0 Å². The molecule has 0 aromatic heterocycles. The van der Waals surface area contributed by atoms with Crippen LogP contribution in [0.4, 0.5) is 0 Å². The molecule has 0 spiro atoms. The van der Waals surface area contributed by atoms with Gasteiger partial charge in [0, 0.05) is 10.5 Å². The summed E-state index contributed by atoms with van der Waals surface area (Å²) in [4.78, 5) is 11.3. The standard InChI is InChI=1S/C14H20BrNO3/c1-3-12(16)8-10-7-11(15)5-6-13(10)19-9-14(17)18-4-2/h5-7,12H,3-4,8-9,16H2,1-2H3. The number of hydrogen-bond acceptors (Lipinski definition) is 4. The van der Waals surface area contributed by atoms with Gasteiger partial charge in [-0.05, 0) is 43.5 Å². The quantitative estimate of drug-likeness (QED) is 0.781. The fourth-order valence-electron chi connectivity index (χ4n) is 1.61. The summed E-state index contributed by atoms with van der Waals surface area (Å²) in [5.41, 5.74) is 6.96. The molecule has 1 atom stereocenters. The first-order valence-corrected chi connectivity index (χ1v) is 7.18. The number of benzene rings is 1. The summed E-state index contributed by atoms with van der Waals surface area (Å²) in [6, 6.07) is 5.76. The van der Waals surface area contributed by atoms with Crippen molar-refractivity contribution in [2.24, 2.45) is 5.73 Å². The van der Waals surface area contributed by atoms with E-state index in [2.05, 4.69) is 15.9 Å². The molecule has 1 unspecified atom stereocenters. The van der Waals surface area contributed by atoms with Crippen LogP contribution in [0.25, 0.3) is 0 Å². The molecule has 0 radical (unpaired) electrons. The Balaban J connectivity index is 2.73. The number of halogens is 1. The molecule has 2 N–H and O–H groups in total. The normalized spacial score (nSPS) is 12.0. The number of nitrogens with two attached hydrogens (primary N) is 1. The third-order valence-corrected chi connectivity index (χ3v) is 3.17. The van der Waals surface area contributed by atoms with Crippen LogP contribution >= 0.6 is 15.9 Å². The lowest BCUT2D eigenvalue weighted by Crippen LogP contribution is -2.22. The van der Waals surface area contributed by atoms with Gasteiger partial charge in [0.15, 0.2) is 6.61 Å². The van der Waals surface area contributed by atoms with Crippen molar-refractivity contribution < 1.29 is 14.3 Å². The van der Waals surface area contributed by atoms with Gasteiger partial charge in [0.2, 0.25) is 0 Å². The summed E-state index contributed by atoms with van der Waals surface area (Å²) in [5.74, 6) is 0.316. The van der Waals surface area contributed by atoms with E-state index >= 15 is 0 Å². The molecule has 1 aromatic carbocycles. The van der Waals surface area contributed by atoms with Crippen LogP contribution in [0.3, 0.4) is 0 Å². The molecule has 0 bridgehead atoms. The fourth-order valence-corrected chi connectivity index (χ4v) is 2.02. The topological polar surface area (TPSA) is 61.5 Å². The summed E-state index contributed by atoms with van der Waals surface area (Å²) < 4.78 is 11.3. The molecule has 0 aliphatic carbocycles. The van der Waals surface area contributed by atoms with Gasteiger partial charge in [-0.15, -0.1) is 0 Å². The molecule has 1 rings (SSSR count). The maximum absolute atomic E-state index is 11.3. The Hall–Kier alpha value is -1.07. The van der Waals surface area contributed by atoms with Gasteiger partial charge < -0.3 is 15.2 Å². The predicted molar refractivity (Wildman–Crippen MR) is 78.2 cm³/mol. The van der Waals surface area contributed by atoms with Gasteiger partial charge >= 0.3 is 5.97 Å². The summed E-state index contributed by atoms with van der Waals surface area (Å²) in [7, 11) is 0. The largest absolute Gasteiger partial charge is 0.482 e. The van der Waals surface area contributed by atoms with E-state index in [1.54, 1.807) is 6.92 Å². The van der Waals surface area contributed by atoms with Gasteiger partial charge in [-0.3, -0.25) is 0 Å². The predicted octanol–water partition coefficient (Wildman–Crippen LogP) is 2.67. The molecule has 0 aliphatic heterocycles. The van der Waals surface area contributed by atoms with Crippen LogP contribution < -0.4 is 10.5 Å². The van der Waals surface area contributed by atoms with Crippen molar-refractivity contribution >= 4 is 21.9 Å². The van der Waals surface area contributed by atoms with Crippen LogP contribution in [-0.2, 0) is 16.0 Å². The van der Waals surface area contributed by atoms with Crippen LogP contribution in [0.15, 0.2) is 22.7 Å². The molecule has 0 aliphatic rings. The Labute approximate surface area is 122 Å². The summed E-state index contributed by atoms with van der Waals surface area (Å²) in [5, 5.41) is 0. The lowest BCUT2D eigenvalue weighted by atomic mass is 10.0. The Kier molecular flexibility index (Phi) is 6.87. The molecule has 19 heavy (non-hydrogen) atoms. The molecule has 0 saturated heterocycles. The highest BCUT2D eigenvalue weighted by atomic mass is 79.9. The van der Waals surface area contributed by atoms with Crippen LogP contribution in [0.2, 0.25) is 0 Å². The molecule has 4 nitrogen and oxygen atoms in total. The lowest BCUT2D eigenvalue weighted by molar-refractivity contribution is -0.145. The lowest BCUT2D eigenvalue weighted by Gasteiger charge is -2.14. The molecular weight excluding hydrogens is 310 g/mol. The molecule has 106 valence electrons. The zero-order valence-electron chi connectivity index (χ0n) is 11.3. The maximum atomic E-state index is 11.3. The highest BCUT2D eigenvalue weighted by Crippen LogP contribution is 2.24. The fraction of sp³-hybridized carbons (Fsp3) is 0.500. The Morgan fingerprint density at radius 1 is 1.42 bits per heavy atom. The summed E-state index contributed by atoms with van der Waals surface area (Å²) >= 11 is 3.43. The minimum absolute atomic E-state index is 0.0795. The second-order valence-corrected chi connectivity index (χ2v) is 5.13. The minimum atomic E-state index is -0.365. The van der Waals surface area contributed by atoms with Crippen molar-refractivity contribution in [3.63, 3.8) is 0 Å². The maximum Gasteiger partial charge on any atom is 0.344 e. The second-order valence-electron chi connectivity index (χ2n) is 4.22. The number of hydrogen-bond donors (Lipinski definition) is 1. The minimum Gasteiger partial charge on any atom is -0.482 e. The first-order valence-electron chi connectivity index (χ1n) is 6.39. The van der Waals surface area contributed by atoms with E-state index in [1.165, 1.54) is 0 Å². The molecule has 0 heterocycles. The van der Waals surface area contributed by atoms with Crippen LogP contribution in [0.1, 0.15) is 25.8 Å². The van der Waals surface area contributed by atoms with E-state index in [-0.39, 0.29) is 18.6 Å². The van der Waals surface area contributed by atoms with Crippen molar-refractivity contribution in [2.75, 3.05) is 13.2 Å². The van der Waals surface area contributed by atoms with Crippen molar-refractivity contribution in [2.45, 2.75) is 32.7 Å². The number of carbonyl (C=O) groups excluding carboxylic acids is 1. The van der Waals surface area contributed by atoms with E-state index in [0.29, 0.717) is 18.8 Å². The first kappa shape index (κ1) is 16.0. The van der Waals surface area contributed by atoms with E-state index in [0.717, 1.165) is 16.5 Å². The van der Waals surface area contributed by atoms with Crippen molar-refractivity contribution in [3.05, 3.63) is 28.2 Å². The average Bonchev–Trinajstić information content (AvgIpc) is 2.38. The Morgan fingerprint density at radius 2 is 2.16 bits per heavy atom. The molecule has 1 aromatic rings. The number of ether oxygens (including phenoxy) is 2. The Bertz CT molecular complexity index is 423. The highest BCUT2D eigenvalue weighted by Gasteiger charge is 2.11. The first-order chi connectivity index (χ1) is 9.06. The van der Waals surface area contributed by atoms with Crippen molar-refractivity contribution in [3.8, 4) is 5.75 Å². The van der Waals surface area contributed by atoms with Crippen LogP contribution in [-0.4, -0.2) is 25.2 Å². The van der Waals surface area contributed by atoms with Gasteiger partial charge in [-0.2, -0.15) is 0 Å². The van der Waals surface area contributed by atoms with Crippen LogP contribution in [0, 0.1) is 0 Å².